The second-order valence-corrected chi connectivity index (χ2v) is 8.54. The number of alkyl halides is 2. The first kappa shape index (κ1) is 19.1. The number of fused-ring (bicyclic) bond motifs is 1. The number of carbonyl (C=O) groups is 1. The Bertz CT molecular complexity index is 1020. The Labute approximate surface area is 169 Å². The van der Waals surface area contributed by atoms with Crippen LogP contribution in [0.25, 0.3) is 10.7 Å². The van der Waals surface area contributed by atoms with E-state index in [1.807, 2.05) is 0 Å². The summed E-state index contributed by atoms with van der Waals surface area (Å²) in [6.45, 7) is -0.966. The minimum absolute atomic E-state index is 0.151. The van der Waals surface area contributed by atoms with Gasteiger partial charge < -0.3 is 5.32 Å². The number of aromatic nitrogens is 3. The quantitative estimate of drug-likeness (QED) is 0.575. The van der Waals surface area contributed by atoms with Gasteiger partial charge in [0.2, 0.25) is 5.91 Å². The van der Waals surface area contributed by atoms with Crippen molar-refractivity contribution in [3.8, 4) is 10.7 Å². The Morgan fingerprint density at radius 2 is 2.18 bits per heavy atom. The number of thiazole rings is 1. The molecule has 146 valence electrons. The number of benzene rings is 1. The Morgan fingerprint density at radius 3 is 3.00 bits per heavy atom. The molecule has 2 aromatic heterocycles. The normalized spacial score (nSPS) is 13.1. The van der Waals surface area contributed by atoms with E-state index >= 15 is 0 Å². The van der Waals surface area contributed by atoms with E-state index in [0.29, 0.717) is 15.7 Å². The molecule has 5 nitrogen and oxygen atoms in total. The van der Waals surface area contributed by atoms with Gasteiger partial charge >= 0.3 is 6.55 Å². The van der Waals surface area contributed by atoms with Gasteiger partial charge in [0, 0.05) is 17.3 Å². The summed E-state index contributed by atoms with van der Waals surface area (Å²) >= 11 is 2.62. The minimum atomic E-state index is -2.68. The lowest BCUT2D eigenvalue weighted by molar-refractivity contribution is -0.113. The average molecular weight is 421 g/mol. The van der Waals surface area contributed by atoms with Crippen LogP contribution in [-0.4, -0.2) is 26.2 Å². The molecule has 0 spiro atoms. The molecular formula is C19H18F2N4OS2. The first-order valence-electron chi connectivity index (χ1n) is 8.84. The lowest BCUT2D eigenvalue weighted by Gasteiger charge is -2.05. The van der Waals surface area contributed by atoms with Crippen molar-refractivity contribution in [1.82, 2.24) is 14.5 Å². The number of rotatable bonds is 6. The summed E-state index contributed by atoms with van der Waals surface area (Å²) in [7, 11) is 0. The summed E-state index contributed by atoms with van der Waals surface area (Å²) in [5, 5.41) is 3.14. The van der Waals surface area contributed by atoms with Crippen LogP contribution in [0.4, 0.5) is 13.9 Å². The number of imidazole rings is 1. The monoisotopic (exact) mass is 420 g/mol. The molecule has 1 aliphatic carbocycles. The van der Waals surface area contributed by atoms with Crippen molar-refractivity contribution in [3.63, 3.8) is 0 Å². The Kier molecular flexibility index (Phi) is 5.45. The molecule has 28 heavy (non-hydrogen) atoms. The molecule has 0 unspecified atom stereocenters. The first-order valence-corrected chi connectivity index (χ1v) is 10.6. The molecule has 9 heteroatoms. The van der Waals surface area contributed by atoms with E-state index in [1.54, 1.807) is 6.92 Å². The van der Waals surface area contributed by atoms with E-state index in [-0.39, 0.29) is 17.5 Å². The van der Waals surface area contributed by atoms with E-state index in [4.69, 9.17) is 0 Å². The minimum Gasteiger partial charge on any atom is -0.301 e. The fourth-order valence-electron chi connectivity index (χ4n) is 3.25. The second-order valence-electron chi connectivity index (χ2n) is 6.49. The number of aryl methyl sites for hydroxylation is 3. The highest BCUT2D eigenvalue weighted by atomic mass is 32.2. The highest BCUT2D eigenvalue weighted by Crippen LogP contribution is 2.34. The van der Waals surface area contributed by atoms with E-state index < -0.39 is 6.55 Å². The molecule has 1 aliphatic rings. The van der Waals surface area contributed by atoms with Gasteiger partial charge in [0.25, 0.3) is 0 Å². The van der Waals surface area contributed by atoms with Crippen LogP contribution in [0.2, 0.25) is 0 Å². The van der Waals surface area contributed by atoms with Gasteiger partial charge in [-0.2, -0.15) is 8.78 Å². The predicted molar refractivity (Wildman–Crippen MR) is 107 cm³/mol. The maximum atomic E-state index is 13.1. The van der Waals surface area contributed by atoms with E-state index in [1.165, 1.54) is 41.7 Å². The van der Waals surface area contributed by atoms with Crippen LogP contribution in [-0.2, 0) is 17.6 Å². The highest BCUT2D eigenvalue weighted by Gasteiger charge is 2.19. The summed E-state index contributed by atoms with van der Waals surface area (Å²) in [6.07, 6.45) is 5.98. The van der Waals surface area contributed by atoms with Gasteiger partial charge in [0.1, 0.15) is 0 Å². The van der Waals surface area contributed by atoms with Gasteiger partial charge in [-0.05, 0) is 49.4 Å². The average Bonchev–Trinajstić information content (AvgIpc) is 3.38. The number of nitrogens with one attached hydrogen (secondary N) is 1. The largest absolute Gasteiger partial charge is 0.320 e. The van der Waals surface area contributed by atoms with Gasteiger partial charge in [-0.1, -0.05) is 17.4 Å². The zero-order valence-corrected chi connectivity index (χ0v) is 16.7. The molecule has 1 N–H and O–H groups in total. The van der Waals surface area contributed by atoms with Gasteiger partial charge in [-0.25, -0.2) is 9.97 Å². The van der Waals surface area contributed by atoms with Crippen LogP contribution in [0.5, 0.6) is 0 Å². The molecule has 0 saturated heterocycles. The summed E-state index contributed by atoms with van der Waals surface area (Å²) in [6, 6.07) is 6.36. The van der Waals surface area contributed by atoms with Crippen molar-refractivity contribution in [2.75, 3.05) is 11.1 Å². The molecule has 1 amide bonds. The first-order chi connectivity index (χ1) is 13.5. The number of hydrogen-bond donors (Lipinski definition) is 1. The van der Waals surface area contributed by atoms with Crippen LogP contribution >= 0.6 is 23.1 Å². The molecule has 0 aliphatic heterocycles. The molecule has 2 heterocycles. The topological polar surface area (TPSA) is 59.8 Å². The number of hydrogen-bond acceptors (Lipinski definition) is 5. The van der Waals surface area contributed by atoms with Crippen molar-refractivity contribution in [3.05, 3.63) is 47.4 Å². The summed E-state index contributed by atoms with van der Waals surface area (Å²) in [4.78, 5) is 22.2. The third-order valence-corrected chi connectivity index (χ3v) is 6.63. The fraction of sp³-hybridized carbons (Fsp3) is 0.316. The van der Waals surface area contributed by atoms with E-state index in [0.717, 1.165) is 33.6 Å². The number of nitrogens with zero attached hydrogens (tertiary/aromatic N) is 3. The van der Waals surface area contributed by atoms with Crippen LogP contribution < -0.4 is 5.32 Å². The number of thioether (sulfide) groups is 1. The lowest BCUT2D eigenvalue weighted by Crippen LogP contribution is -2.13. The van der Waals surface area contributed by atoms with E-state index in [2.05, 4.69) is 33.5 Å². The summed E-state index contributed by atoms with van der Waals surface area (Å²) in [5.74, 6) is 0.235. The standard InChI is InChI=1S/C19H18F2N4OS2/c1-11-16(17-22-7-8-25(17)18(20)21)28-19(23-11)24-15(26)10-27-14-6-5-12-3-2-4-13(12)9-14/h5-9,18H,2-4,10H2,1H3,(H,23,24,26). The number of carbonyl (C=O) groups excluding carboxylic acids is 1. The van der Waals surface area contributed by atoms with Crippen molar-refractivity contribution < 1.29 is 13.6 Å². The lowest BCUT2D eigenvalue weighted by atomic mass is 10.1. The van der Waals surface area contributed by atoms with E-state index in [9.17, 15) is 13.6 Å². The Morgan fingerprint density at radius 1 is 1.36 bits per heavy atom. The van der Waals surface area contributed by atoms with Crippen LogP contribution in [0.3, 0.4) is 0 Å². The maximum absolute atomic E-state index is 13.1. The van der Waals surface area contributed by atoms with Crippen LogP contribution in [0.15, 0.2) is 35.5 Å². The number of anilines is 1. The zero-order valence-electron chi connectivity index (χ0n) is 15.1. The summed E-state index contributed by atoms with van der Waals surface area (Å²) in [5.41, 5.74) is 3.33. The highest BCUT2D eigenvalue weighted by molar-refractivity contribution is 8.00. The van der Waals surface area contributed by atoms with Crippen molar-refractivity contribution in [1.29, 1.82) is 0 Å². The van der Waals surface area contributed by atoms with Gasteiger partial charge in [-0.3, -0.25) is 9.36 Å². The predicted octanol–water partition coefficient (Wildman–Crippen LogP) is 4.93. The molecule has 0 atom stereocenters. The third-order valence-electron chi connectivity index (χ3n) is 4.56. The number of amides is 1. The molecule has 3 aromatic rings. The second kappa shape index (κ2) is 8.00. The Balaban J connectivity index is 1.40. The van der Waals surface area contributed by atoms with Crippen molar-refractivity contribution in [2.24, 2.45) is 0 Å². The molecule has 0 saturated carbocycles. The van der Waals surface area contributed by atoms with Crippen molar-refractivity contribution >= 4 is 34.1 Å². The smallest absolute Gasteiger partial charge is 0.301 e. The molecule has 0 fully saturated rings. The van der Waals surface area contributed by atoms with Crippen LogP contribution in [0, 0.1) is 6.92 Å². The third kappa shape index (κ3) is 3.95. The van der Waals surface area contributed by atoms with Gasteiger partial charge in [-0.15, -0.1) is 11.8 Å². The molecule has 1 aromatic carbocycles. The van der Waals surface area contributed by atoms with Crippen molar-refractivity contribution in [2.45, 2.75) is 37.6 Å². The number of halogens is 2. The Hall–Kier alpha value is -2.26. The molecule has 0 bridgehead atoms. The van der Waals surface area contributed by atoms with Gasteiger partial charge in [0.05, 0.1) is 16.3 Å². The fourth-order valence-corrected chi connectivity index (χ4v) is 4.99. The molecule has 4 rings (SSSR count). The molecule has 0 radical (unpaired) electrons. The zero-order chi connectivity index (χ0) is 19.7. The van der Waals surface area contributed by atoms with Crippen LogP contribution in [0.1, 0.15) is 29.8 Å². The van der Waals surface area contributed by atoms with Gasteiger partial charge in [0.15, 0.2) is 11.0 Å². The SMILES string of the molecule is Cc1nc(NC(=O)CSc2ccc3c(c2)CCC3)sc1-c1nccn1C(F)F. The summed E-state index contributed by atoms with van der Waals surface area (Å²) < 4.78 is 26.9. The molecular weight excluding hydrogens is 402 g/mol. The maximum Gasteiger partial charge on any atom is 0.320 e.